The van der Waals surface area contributed by atoms with Crippen molar-refractivity contribution in [1.29, 1.82) is 0 Å². The van der Waals surface area contributed by atoms with E-state index in [9.17, 15) is 18.8 Å². The smallest absolute Gasteiger partial charge is 0.411 e. The third-order valence-corrected chi connectivity index (χ3v) is 6.10. The van der Waals surface area contributed by atoms with Crippen molar-refractivity contribution in [2.24, 2.45) is 5.92 Å². The first-order valence-corrected chi connectivity index (χ1v) is 11.3. The first kappa shape index (κ1) is 23.9. The number of hydrogen-bond acceptors (Lipinski definition) is 4. The molecule has 1 unspecified atom stereocenters. The lowest BCUT2D eigenvalue weighted by Crippen LogP contribution is -2.32. The molecule has 2 amide bonds. The van der Waals surface area contributed by atoms with E-state index >= 15 is 0 Å². The summed E-state index contributed by atoms with van der Waals surface area (Å²) < 4.78 is 19.6. The van der Waals surface area contributed by atoms with Gasteiger partial charge in [-0.1, -0.05) is 55.5 Å². The lowest BCUT2D eigenvalue weighted by Gasteiger charge is -2.15. The van der Waals surface area contributed by atoms with Crippen LogP contribution in [-0.2, 0) is 9.53 Å². The number of nitrogens with one attached hydrogen (secondary N) is 2. The average molecular weight is 477 g/mol. The fourth-order valence-electron chi connectivity index (χ4n) is 4.27. The van der Waals surface area contributed by atoms with Gasteiger partial charge in [0.05, 0.1) is 5.92 Å². The second-order valence-electron chi connectivity index (χ2n) is 8.33. The number of halogens is 1. The molecule has 0 radical (unpaired) electrons. The molecule has 0 aromatic heterocycles. The Bertz CT molecular complexity index is 1230. The highest BCUT2D eigenvalue weighted by Crippen LogP contribution is 2.44. The molecule has 0 bridgehead atoms. The number of carbonyl (C=O) groups is 3. The normalized spacial score (nSPS) is 12.9. The van der Waals surface area contributed by atoms with E-state index in [4.69, 9.17) is 9.84 Å². The number of aliphatic carboxylic acids is 1. The summed E-state index contributed by atoms with van der Waals surface area (Å²) >= 11 is 0. The Kier molecular flexibility index (Phi) is 7.10. The van der Waals surface area contributed by atoms with Gasteiger partial charge in [0, 0.05) is 23.7 Å². The number of rotatable bonds is 8. The van der Waals surface area contributed by atoms with Gasteiger partial charge in [0.1, 0.15) is 12.4 Å². The minimum Gasteiger partial charge on any atom is -0.481 e. The molecule has 3 aromatic carbocycles. The number of anilines is 1. The van der Waals surface area contributed by atoms with Crippen LogP contribution in [0.3, 0.4) is 0 Å². The molecule has 8 heteroatoms. The molecule has 1 aliphatic rings. The molecule has 0 fully saturated rings. The number of fused-ring (bicyclic) bond motifs is 3. The van der Waals surface area contributed by atoms with Crippen molar-refractivity contribution >= 4 is 23.7 Å². The summed E-state index contributed by atoms with van der Waals surface area (Å²) in [4.78, 5) is 36.0. The lowest BCUT2D eigenvalue weighted by molar-refractivity contribution is -0.141. The second-order valence-corrected chi connectivity index (χ2v) is 8.33. The highest BCUT2D eigenvalue weighted by atomic mass is 19.1. The van der Waals surface area contributed by atoms with Gasteiger partial charge in [-0.15, -0.1) is 0 Å². The van der Waals surface area contributed by atoms with Crippen molar-refractivity contribution in [3.8, 4) is 11.1 Å². The highest BCUT2D eigenvalue weighted by Gasteiger charge is 2.29. The summed E-state index contributed by atoms with van der Waals surface area (Å²) in [7, 11) is 0. The molecule has 3 aromatic rings. The van der Waals surface area contributed by atoms with E-state index in [1.54, 1.807) is 6.92 Å². The summed E-state index contributed by atoms with van der Waals surface area (Å²) in [5, 5.41) is 14.1. The van der Waals surface area contributed by atoms with Crippen LogP contribution in [0.4, 0.5) is 14.9 Å². The molecule has 1 aliphatic carbocycles. The summed E-state index contributed by atoms with van der Waals surface area (Å²) in [6, 6.07) is 19.3. The van der Waals surface area contributed by atoms with Crippen molar-refractivity contribution in [3.05, 3.63) is 89.2 Å². The standard InChI is InChI=1S/C27H25FN2O5/c1-2-16(26(32)33)14-29-25(31)17-11-18(28)13-19(12-17)30-27(34)35-15-24-22-9-5-3-7-20(22)21-8-4-6-10-23(21)24/h3-13,16,24H,2,14-15H2,1H3,(H,29,31)(H,30,34)(H,32,33). The molecule has 4 rings (SSSR count). The van der Waals surface area contributed by atoms with Crippen LogP contribution >= 0.6 is 0 Å². The minimum absolute atomic E-state index is 0.0424. The molecular formula is C27H25FN2O5. The SMILES string of the molecule is CCC(CNC(=O)c1cc(F)cc(NC(=O)OCC2c3ccccc3-c3ccccc32)c1)C(=O)O. The van der Waals surface area contributed by atoms with Gasteiger partial charge in [-0.3, -0.25) is 14.9 Å². The van der Waals surface area contributed by atoms with Gasteiger partial charge in [-0.25, -0.2) is 9.18 Å². The van der Waals surface area contributed by atoms with Gasteiger partial charge >= 0.3 is 12.1 Å². The van der Waals surface area contributed by atoms with Gasteiger partial charge in [-0.05, 0) is 46.9 Å². The maximum Gasteiger partial charge on any atom is 0.411 e. The van der Waals surface area contributed by atoms with E-state index in [2.05, 4.69) is 10.6 Å². The van der Waals surface area contributed by atoms with Gasteiger partial charge in [-0.2, -0.15) is 0 Å². The topological polar surface area (TPSA) is 105 Å². The zero-order valence-electron chi connectivity index (χ0n) is 19.1. The van der Waals surface area contributed by atoms with E-state index in [1.807, 2.05) is 48.5 Å². The van der Waals surface area contributed by atoms with Crippen LogP contribution in [0.2, 0.25) is 0 Å². The van der Waals surface area contributed by atoms with Crippen LogP contribution in [0.1, 0.15) is 40.7 Å². The van der Waals surface area contributed by atoms with Gasteiger partial charge < -0.3 is 15.2 Å². The third kappa shape index (κ3) is 5.32. The van der Waals surface area contributed by atoms with E-state index in [0.717, 1.165) is 34.4 Å². The number of ether oxygens (including phenoxy) is 1. The maximum atomic E-state index is 14.1. The third-order valence-electron chi connectivity index (χ3n) is 6.10. The van der Waals surface area contributed by atoms with E-state index in [-0.39, 0.29) is 30.3 Å². The molecule has 0 heterocycles. The van der Waals surface area contributed by atoms with E-state index < -0.39 is 29.7 Å². The summed E-state index contributed by atoms with van der Waals surface area (Å²) in [6.07, 6.45) is -0.436. The minimum atomic E-state index is -1.02. The van der Waals surface area contributed by atoms with Crippen LogP contribution in [0, 0.1) is 11.7 Å². The Morgan fingerprint density at radius 2 is 1.63 bits per heavy atom. The van der Waals surface area contributed by atoms with E-state index in [1.165, 1.54) is 6.07 Å². The highest BCUT2D eigenvalue weighted by molar-refractivity contribution is 5.96. The first-order valence-electron chi connectivity index (χ1n) is 11.3. The predicted molar refractivity (Wildman–Crippen MR) is 129 cm³/mol. The monoisotopic (exact) mass is 476 g/mol. The van der Waals surface area contributed by atoms with Gasteiger partial charge in [0.2, 0.25) is 0 Å². The molecule has 3 N–H and O–H groups in total. The lowest BCUT2D eigenvalue weighted by atomic mass is 9.98. The Morgan fingerprint density at radius 3 is 2.23 bits per heavy atom. The second kappa shape index (κ2) is 10.4. The van der Waals surface area contributed by atoms with Crippen molar-refractivity contribution in [2.45, 2.75) is 19.3 Å². The van der Waals surface area contributed by atoms with Crippen molar-refractivity contribution in [2.75, 3.05) is 18.5 Å². The fraction of sp³-hybridized carbons (Fsp3) is 0.222. The number of hydrogen-bond donors (Lipinski definition) is 3. The van der Waals surface area contributed by atoms with Crippen molar-refractivity contribution < 1.29 is 28.6 Å². The fourth-order valence-corrected chi connectivity index (χ4v) is 4.27. The Hall–Kier alpha value is -4.20. The number of amides is 2. The molecule has 0 spiro atoms. The van der Waals surface area contributed by atoms with Crippen LogP contribution in [0.15, 0.2) is 66.7 Å². The number of carboxylic acids is 1. The predicted octanol–water partition coefficient (Wildman–Crippen LogP) is 5.03. The Morgan fingerprint density at radius 1 is 1.00 bits per heavy atom. The largest absolute Gasteiger partial charge is 0.481 e. The molecule has 0 saturated carbocycles. The maximum absolute atomic E-state index is 14.1. The molecule has 1 atom stereocenters. The van der Waals surface area contributed by atoms with Crippen molar-refractivity contribution in [3.63, 3.8) is 0 Å². The molecule has 7 nitrogen and oxygen atoms in total. The molecule has 35 heavy (non-hydrogen) atoms. The number of carbonyl (C=O) groups excluding carboxylic acids is 2. The zero-order chi connectivity index (χ0) is 24.9. The van der Waals surface area contributed by atoms with Gasteiger partial charge in [0.25, 0.3) is 5.91 Å². The molecule has 0 aliphatic heterocycles. The molecule has 180 valence electrons. The Labute approximate surface area is 201 Å². The zero-order valence-corrected chi connectivity index (χ0v) is 19.1. The summed E-state index contributed by atoms with van der Waals surface area (Å²) in [5.41, 5.74) is 4.35. The van der Waals surface area contributed by atoms with E-state index in [0.29, 0.717) is 6.42 Å². The summed E-state index contributed by atoms with van der Waals surface area (Å²) in [5.74, 6) is -3.25. The van der Waals surface area contributed by atoms with Crippen LogP contribution < -0.4 is 10.6 Å². The van der Waals surface area contributed by atoms with Gasteiger partial charge in [0.15, 0.2) is 0 Å². The van der Waals surface area contributed by atoms with Crippen molar-refractivity contribution in [1.82, 2.24) is 5.32 Å². The first-order chi connectivity index (χ1) is 16.9. The molecule has 0 saturated heterocycles. The van der Waals surface area contributed by atoms with Crippen LogP contribution in [0.25, 0.3) is 11.1 Å². The quantitative estimate of drug-likeness (QED) is 0.423. The average Bonchev–Trinajstić information content (AvgIpc) is 3.16. The Balaban J connectivity index is 1.40. The molecular weight excluding hydrogens is 451 g/mol. The number of benzene rings is 3. The summed E-state index contributed by atoms with van der Waals surface area (Å²) in [6.45, 7) is 1.70. The van der Waals surface area contributed by atoms with Crippen LogP contribution in [0.5, 0.6) is 0 Å². The number of carboxylic acid groups (broad SMARTS) is 1. The van der Waals surface area contributed by atoms with Crippen LogP contribution in [-0.4, -0.2) is 36.2 Å².